The van der Waals surface area contributed by atoms with Crippen molar-refractivity contribution in [3.63, 3.8) is 0 Å². The van der Waals surface area contributed by atoms with Gasteiger partial charge >= 0.3 is 0 Å². The maximum atomic E-state index is 13.4. The number of nitrogens with one attached hydrogen (secondary N) is 4. The molecule has 0 unspecified atom stereocenters. The number of pyridine rings is 2. The van der Waals surface area contributed by atoms with Crippen molar-refractivity contribution in [2.75, 3.05) is 73.8 Å². The third-order valence-corrected chi connectivity index (χ3v) is 11.9. The van der Waals surface area contributed by atoms with Crippen LogP contribution in [0.4, 0.5) is 34.4 Å². The zero-order chi connectivity index (χ0) is 46.7. The third kappa shape index (κ3) is 13.5. The zero-order valence-electron chi connectivity index (χ0n) is 38.4. The number of anilines is 6. The summed E-state index contributed by atoms with van der Waals surface area (Å²) >= 11 is 0. The fourth-order valence-electron chi connectivity index (χ4n) is 8.17. The number of hydrogen-bond acceptors (Lipinski definition) is 10. The van der Waals surface area contributed by atoms with Gasteiger partial charge in [0.25, 0.3) is 11.8 Å². The second kappa shape index (κ2) is 25.2. The lowest BCUT2D eigenvalue weighted by molar-refractivity contribution is -0.130. The maximum absolute atomic E-state index is 13.4. The van der Waals surface area contributed by atoms with Crippen LogP contribution < -0.4 is 31.1 Å². The Hall–Kier alpha value is -6.52. The van der Waals surface area contributed by atoms with E-state index in [0.717, 1.165) is 90.1 Å². The van der Waals surface area contributed by atoms with Crippen LogP contribution in [0, 0.1) is 0 Å². The van der Waals surface area contributed by atoms with Crippen molar-refractivity contribution < 1.29 is 28.8 Å². The molecule has 0 radical (unpaired) electrons. The van der Waals surface area contributed by atoms with E-state index in [-0.39, 0.29) is 48.5 Å². The van der Waals surface area contributed by atoms with Crippen LogP contribution in [0.3, 0.4) is 0 Å². The molecule has 0 fully saturated rings. The maximum Gasteiger partial charge on any atom is 0.257 e. The molecule has 6 amide bonds. The molecule has 4 N–H and O–H groups in total. The minimum Gasteiger partial charge on any atom is -0.346 e. The van der Waals surface area contributed by atoms with Gasteiger partial charge in [-0.3, -0.25) is 38.6 Å². The highest BCUT2D eigenvalue weighted by atomic mass is 16.2. The smallest absolute Gasteiger partial charge is 0.257 e. The molecule has 0 aliphatic carbocycles. The SMILES string of the molecule is CN(CCCCCCCCN(C)C(=O)CCCCCNCC(=O)N1c2ccccc2C(=O)Nc2cccnc21)C(=O)CCCCCNCC(=O)N1c2ccccc2C(=O)Nc2cccnc21. The highest BCUT2D eigenvalue weighted by molar-refractivity contribution is 6.18. The molecule has 0 atom stereocenters. The van der Waals surface area contributed by atoms with Gasteiger partial charge in [0.1, 0.15) is 0 Å². The van der Waals surface area contributed by atoms with Gasteiger partial charge in [0, 0.05) is 52.4 Å². The first-order valence-electron chi connectivity index (χ1n) is 23.4. The molecule has 66 heavy (non-hydrogen) atoms. The molecule has 0 saturated heterocycles. The van der Waals surface area contributed by atoms with Gasteiger partial charge in [-0.15, -0.1) is 0 Å². The van der Waals surface area contributed by atoms with Crippen molar-refractivity contribution >= 4 is 69.8 Å². The second-order valence-electron chi connectivity index (χ2n) is 16.9. The quantitative estimate of drug-likeness (QED) is 0.0496. The van der Waals surface area contributed by atoms with Gasteiger partial charge in [0.15, 0.2) is 11.6 Å². The van der Waals surface area contributed by atoms with Crippen LogP contribution in [0.15, 0.2) is 85.2 Å². The van der Waals surface area contributed by atoms with Gasteiger partial charge in [-0.2, -0.15) is 0 Å². The summed E-state index contributed by atoms with van der Waals surface area (Å²) in [5, 5.41) is 12.1. The van der Waals surface area contributed by atoms with Crippen LogP contribution >= 0.6 is 0 Å². The number of nitrogens with zero attached hydrogens (tertiary/aromatic N) is 6. The van der Waals surface area contributed by atoms with Gasteiger partial charge < -0.3 is 31.1 Å². The first-order chi connectivity index (χ1) is 32.1. The summed E-state index contributed by atoms with van der Waals surface area (Å²) in [7, 11) is 3.74. The Bertz CT molecular complexity index is 2150. The fourth-order valence-corrected chi connectivity index (χ4v) is 8.17. The first-order valence-corrected chi connectivity index (χ1v) is 23.4. The lowest BCUT2D eigenvalue weighted by atomic mass is 10.1. The van der Waals surface area contributed by atoms with Gasteiger partial charge in [-0.25, -0.2) is 9.97 Å². The third-order valence-electron chi connectivity index (χ3n) is 11.9. The van der Waals surface area contributed by atoms with E-state index < -0.39 is 0 Å². The predicted octanol–water partition coefficient (Wildman–Crippen LogP) is 7.20. The topological polar surface area (TPSA) is 189 Å². The van der Waals surface area contributed by atoms with Gasteiger partial charge in [0.2, 0.25) is 23.6 Å². The number of carbonyl (C=O) groups excluding carboxylic acids is 6. The monoisotopic (exact) mass is 901 g/mol. The molecule has 2 aliphatic heterocycles. The summed E-state index contributed by atoms with van der Waals surface area (Å²) in [6.45, 7) is 2.92. The van der Waals surface area contributed by atoms with Gasteiger partial charge in [-0.1, -0.05) is 62.8 Å². The molecule has 16 heteroatoms. The average molecular weight is 901 g/mol. The van der Waals surface area contributed by atoms with E-state index in [1.165, 1.54) is 9.80 Å². The normalized spacial score (nSPS) is 12.7. The molecule has 16 nitrogen and oxygen atoms in total. The Balaban J connectivity index is 0.739. The van der Waals surface area contributed by atoms with E-state index in [4.69, 9.17) is 0 Å². The van der Waals surface area contributed by atoms with Crippen molar-refractivity contribution in [1.29, 1.82) is 0 Å². The molecule has 2 aromatic heterocycles. The van der Waals surface area contributed by atoms with E-state index in [1.54, 1.807) is 85.2 Å². The van der Waals surface area contributed by atoms with Gasteiger partial charge in [0.05, 0.1) is 47.0 Å². The molecule has 0 saturated carbocycles. The summed E-state index contributed by atoms with van der Waals surface area (Å²) in [5.74, 6) is 0.0928. The van der Waals surface area contributed by atoms with Crippen LogP contribution in [-0.2, 0) is 19.2 Å². The first kappa shape index (κ1) is 48.9. The number of para-hydroxylation sites is 2. The minimum absolute atomic E-state index is 0.0860. The summed E-state index contributed by atoms with van der Waals surface area (Å²) < 4.78 is 0. The van der Waals surface area contributed by atoms with Crippen LogP contribution in [0.1, 0.15) is 111 Å². The summed E-state index contributed by atoms with van der Waals surface area (Å²) in [6.07, 6.45) is 15.4. The largest absolute Gasteiger partial charge is 0.346 e. The highest BCUT2D eigenvalue weighted by Crippen LogP contribution is 2.37. The van der Waals surface area contributed by atoms with Crippen molar-refractivity contribution in [2.24, 2.45) is 0 Å². The molecular formula is C50H64N10O6. The number of carbonyl (C=O) groups is 6. The number of rotatable bonds is 25. The molecule has 0 bridgehead atoms. The molecule has 6 rings (SSSR count). The van der Waals surface area contributed by atoms with E-state index in [9.17, 15) is 28.8 Å². The zero-order valence-corrected chi connectivity index (χ0v) is 38.4. The van der Waals surface area contributed by atoms with E-state index in [1.807, 2.05) is 23.9 Å². The lowest BCUT2D eigenvalue weighted by Crippen LogP contribution is -2.36. The molecule has 4 aromatic rings. The van der Waals surface area contributed by atoms with Crippen molar-refractivity contribution in [2.45, 2.75) is 89.9 Å². The molecule has 0 spiro atoms. The van der Waals surface area contributed by atoms with E-state index in [2.05, 4.69) is 31.2 Å². The Morgan fingerprint density at radius 1 is 0.515 bits per heavy atom. The molecule has 350 valence electrons. The molecule has 2 aromatic carbocycles. The summed E-state index contributed by atoms with van der Waals surface area (Å²) in [5.41, 5.74) is 2.77. The Morgan fingerprint density at radius 3 is 1.35 bits per heavy atom. The van der Waals surface area contributed by atoms with Gasteiger partial charge in [-0.05, 0) is 100 Å². The van der Waals surface area contributed by atoms with E-state index >= 15 is 0 Å². The van der Waals surface area contributed by atoms with E-state index in [0.29, 0.717) is 71.4 Å². The van der Waals surface area contributed by atoms with Crippen LogP contribution in [0.5, 0.6) is 0 Å². The van der Waals surface area contributed by atoms with Crippen molar-refractivity contribution in [3.8, 4) is 0 Å². The number of fused-ring (bicyclic) bond motifs is 4. The second-order valence-corrected chi connectivity index (χ2v) is 16.9. The standard InChI is InChI=1S/C50H64N10O6/c1-57(43(61)27-9-7-15-29-51-35-45(63)59-41-25-13-11-21-37(41)49(65)55-39-23-19-31-53-47(39)59)33-17-5-3-4-6-18-34-58(2)44(62)28-10-8-16-30-52-36-46(64)60-42-26-14-12-22-38(42)50(66)56-40-24-20-32-54-48(40)60/h11-14,19-26,31-32,51-52H,3-10,15-18,27-30,33-36H2,1-2H3,(H,55,65)(H,56,66). The number of benzene rings is 2. The fraction of sp³-hybridized carbons (Fsp3) is 0.440. The van der Waals surface area contributed by atoms with Crippen LogP contribution in [-0.4, -0.2) is 109 Å². The minimum atomic E-state index is -0.285. The average Bonchev–Trinajstić information content (AvgIpc) is 3.54. The summed E-state index contributed by atoms with van der Waals surface area (Å²) in [6, 6.07) is 20.9. The Kier molecular flexibility index (Phi) is 18.7. The number of amides is 6. The number of unbranched alkanes of at least 4 members (excludes halogenated alkanes) is 9. The Labute approximate surface area is 387 Å². The number of aromatic nitrogens is 2. The molecule has 2 aliphatic rings. The van der Waals surface area contributed by atoms with Crippen LogP contribution in [0.2, 0.25) is 0 Å². The van der Waals surface area contributed by atoms with Crippen molar-refractivity contribution in [1.82, 2.24) is 30.4 Å². The lowest BCUT2D eigenvalue weighted by Gasteiger charge is -2.23. The van der Waals surface area contributed by atoms with Crippen molar-refractivity contribution in [3.05, 3.63) is 96.3 Å². The Morgan fingerprint density at radius 2 is 0.909 bits per heavy atom. The highest BCUT2D eigenvalue weighted by Gasteiger charge is 2.31. The molecular weight excluding hydrogens is 837 g/mol. The van der Waals surface area contributed by atoms with Crippen LogP contribution in [0.25, 0.3) is 0 Å². The molecule has 4 heterocycles. The number of hydrogen-bond donors (Lipinski definition) is 4. The summed E-state index contributed by atoms with van der Waals surface area (Å²) in [4.78, 5) is 93.3. The predicted molar refractivity (Wildman–Crippen MR) is 257 cm³/mol.